The van der Waals surface area contributed by atoms with E-state index in [1.807, 2.05) is 0 Å². The van der Waals surface area contributed by atoms with Crippen molar-refractivity contribution < 1.29 is 9.15 Å². The lowest BCUT2D eigenvalue weighted by atomic mass is 10.1. The molecule has 0 amide bonds. The molecule has 0 unspecified atom stereocenters. The maximum atomic E-state index is 8.80. The number of aromatic nitrogens is 2. The first kappa shape index (κ1) is 14.7. The quantitative estimate of drug-likeness (QED) is 0.911. The zero-order valence-electron chi connectivity index (χ0n) is 12.5. The van der Waals surface area contributed by atoms with Crippen LogP contribution < -0.4 is 5.32 Å². The molecule has 0 aliphatic carbocycles. The lowest BCUT2D eigenvalue weighted by Crippen LogP contribution is -2.36. The van der Waals surface area contributed by atoms with E-state index in [-0.39, 0.29) is 12.1 Å². The molecular weight excluding hydrogens is 280 g/mol. The zero-order valence-corrected chi connectivity index (χ0v) is 12.5. The number of nitrogens with zero attached hydrogens (tertiary/aromatic N) is 3. The van der Waals surface area contributed by atoms with Gasteiger partial charge in [-0.25, -0.2) is 0 Å². The Hall–Kier alpha value is -2.23. The summed E-state index contributed by atoms with van der Waals surface area (Å²) in [5, 5.41) is 20.2. The van der Waals surface area contributed by atoms with Crippen LogP contribution in [0.2, 0.25) is 0 Å². The second-order valence-electron chi connectivity index (χ2n) is 5.41. The summed E-state index contributed by atoms with van der Waals surface area (Å²) in [6.07, 6.45) is 2.48. The van der Waals surface area contributed by atoms with E-state index >= 15 is 0 Å². The van der Waals surface area contributed by atoms with E-state index in [0.29, 0.717) is 23.9 Å². The molecule has 1 saturated heterocycles. The molecule has 6 nitrogen and oxygen atoms in total. The molecule has 1 aliphatic rings. The van der Waals surface area contributed by atoms with Crippen LogP contribution in [0.3, 0.4) is 0 Å². The van der Waals surface area contributed by atoms with E-state index in [1.165, 1.54) is 0 Å². The molecule has 0 saturated carbocycles. The third kappa shape index (κ3) is 3.32. The van der Waals surface area contributed by atoms with Crippen LogP contribution in [0.25, 0.3) is 11.5 Å². The summed E-state index contributed by atoms with van der Waals surface area (Å²) in [6, 6.07) is 9.41. The van der Waals surface area contributed by atoms with Crippen molar-refractivity contribution in [3.63, 3.8) is 0 Å². The van der Waals surface area contributed by atoms with Crippen LogP contribution >= 0.6 is 0 Å². The highest BCUT2D eigenvalue weighted by atomic mass is 16.5. The Morgan fingerprint density at radius 2 is 2.18 bits per heavy atom. The van der Waals surface area contributed by atoms with Crippen LogP contribution in [-0.4, -0.2) is 29.0 Å². The average Bonchev–Trinajstić information content (AvgIpc) is 3.24. The van der Waals surface area contributed by atoms with E-state index in [2.05, 4.69) is 28.5 Å². The van der Waals surface area contributed by atoms with Crippen molar-refractivity contribution >= 4 is 0 Å². The Labute approximate surface area is 129 Å². The lowest BCUT2D eigenvalue weighted by Gasteiger charge is -2.18. The van der Waals surface area contributed by atoms with Gasteiger partial charge in [0.15, 0.2) is 0 Å². The summed E-state index contributed by atoms with van der Waals surface area (Å²) < 4.78 is 11.3. The summed E-state index contributed by atoms with van der Waals surface area (Å²) in [5.74, 6) is 1.01. The predicted octanol–water partition coefficient (Wildman–Crippen LogP) is 2.27. The van der Waals surface area contributed by atoms with Gasteiger partial charge in [0.25, 0.3) is 0 Å². The second-order valence-corrected chi connectivity index (χ2v) is 5.41. The summed E-state index contributed by atoms with van der Waals surface area (Å²) in [6.45, 7) is 3.47. The van der Waals surface area contributed by atoms with Crippen LogP contribution in [0.5, 0.6) is 0 Å². The highest BCUT2D eigenvalue weighted by Gasteiger charge is 2.22. The minimum absolute atomic E-state index is 0.257. The molecule has 0 spiro atoms. The van der Waals surface area contributed by atoms with Crippen molar-refractivity contribution in [1.82, 2.24) is 15.5 Å². The van der Waals surface area contributed by atoms with Crippen LogP contribution in [0, 0.1) is 11.3 Å². The Balaban J connectivity index is 1.59. The Bertz CT molecular complexity index is 654. The van der Waals surface area contributed by atoms with Crippen LogP contribution in [0.1, 0.15) is 31.2 Å². The molecule has 2 heterocycles. The number of hydrogen-bond donors (Lipinski definition) is 1. The fourth-order valence-electron chi connectivity index (χ4n) is 2.51. The highest BCUT2D eigenvalue weighted by Crippen LogP contribution is 2.19. The number of benzene rings is 1. The minimum atomic E-state index is 0.257. The van der Waals surface area contributed by atoms with Crippen LogP contribution in [0.4, 0.5) is 0 Å². The van der Waals surface area contributed by atoms with E-state index in [4.69, 9.17) is 14.4 Å². The fourth-order valence-corrected chi connectivity index (χ4v) is 2.51. The first-order valence-electron chi connectivity index (χ1n) is 7.44. The van der Waals surface area contributed by atoms with Crippen molar-refractivity contribution in [1.29, 1.82) is 5.26 Å². The maximum Gasteiger partial charge on any atom is 0.247 e. The summed E-state index contributed by atoms with van der Waals surface area (Å²) in [4.78, 5) is 0. The molecule has 0 bridgehead atoms. The van der Waals surface area contributed by atoms with Gasteiger partial charge in [-0.3, -0.25) is 0 Å². The Morgan fingerprint density at radius 3 is 2.86 bits per heavy atom. The highest BCUT2D eigenvalue weighted by molar-refractivity contribution is 5.54. The van der Waals surface area contributed by atoms with E-state index in [9.17, 15) is 0 Å². The number of nitriles is 1. The van der Waals surface area contributed by atoms with Crippen molar-refractivity contribution in [3.05, 3.63) is 35.7 Å². The topological polar surface area (TPSA) is 84.0 Å². The van der Waals surface area contributed by atoms with Gasteiger partial charge >= 0.3 is 0 Å². The number of ether oxygens (including phenoxy) is 1. The van der Waals surface area contributed by atoms with Gasteiger partial charge in [-0.1, -0.05) is 0 Å². The van der Waals surface area contributed by atoms with Gasteiger partial charge < -0.3 is 14.5 Å². The summed E-state index contributed by atoms with van der Waals surface area (Å²) in [5.41, 5.74) is 1.42. The van der Waals surface area contributed by atoms with E-state index < -0.39 is 0 Å². The minimum Gasteiger partial charge on any atom is -0.419 e. The normalized spacial score (nSPS) is 19.0. The average molecular weight is 298 g/mol. The lowest BCUT2D eigenvalue weighted by molar-refractivity contribution is 0.0824. The van der Waals surface area contributed by atoms with Crippen molar-refractivity contribution in [2.75, 3.05) is 6.61 Å². The molecule has 0 radical (unpaired) electrons. The summed E-state index contributed by atoms with van der Waals surface area (Å²) in [7, 11) is 0. The number of hydrogen-bond acceptors (Lipinski definition) is 6. The molecule has 1 aromatic heterocycles. The zero-order chi connectivity index (χ0) is 15.4. The van der Waals surface area contributed by atoms with Gasteiger partial charge in [-0.2, -0.15) is 5.26 Å². The predicted molar refractivity (Wildman–Crippen MR) is 79.7 cm³/mol. The van der Waals surface area contributed by atoms with Gasteiger partial charge in [-0.15, -0.1) is 10.2 Å². The third-order valence-corrected chi connectivity index (χ3v) is 3.83. The van der Waals surface area contributed by atoms with Crippen molar-refractivity contribution in [2.45, 2.75) is 38.5 Å². The molecule has 6 heteroatoms. The van der Waals surface area contributed by atoms with E-state index in [0.717, 1.165) is 25.0 Å². The molecular formula is C16H18N4O2. The molecule has 22 heavy (non-hydrogen) atoms. The van der Waals surface area contributed by atoms with Gasteiger partial charge in [0.2, 0.25) is 11.8 Å². The third-order valence-electron chi connectivity index (χ3n) is 3.83. The molecule has 1 N–H and O–H groups in total. The molecule has 1 aromatic carbocycles. The largest absolute Gasteiger partial charge is 0.419 e. The van der Waals surface area contributed by atoms with Crippen LogP contribution in [0.15, 0.2) is 28.7 Å². The van der Waals surface area contributed by atoms with E-state index in [1.54, 1.807) is 24.3 Å². The van der Waals surface area contributed by atoms with Crippen LogP contribution in [-0.2, 0) is 11.3 Å². The molecule has 2 atom stereocenters. The first-order valence-corrected chi connectivity index (χ1v) is 7.44. The maximum absolute atomic E-state index is 8.80. The Kier molecular flexibility index (Phi) is 4.47. The van der Waals surface area contributed by atoms with Crippen molar-refractivity contribution in [3.8, 4) is 17.5 Å². The SMILES string of the molecule is C[C@H](NCc1nnc(-c2ccc(C#N)cc2)o1)[C@@H]1CCCO1. The molecule has 1 aliphatic heterocycles. The molecule has 2 aromatic rings. The monoisotopic (exact) mass is 298 g/mol. The Morgan fingerprint density at radius 1 is 1.36 bits per heavy atom. The molecule has 1 fully saturated rings. The first-order chi connectivity index (χ1) is 10.8. The smallest absolute Gasteiger partial charge is 0.247 e. The van der Waals surface area contributed by atoms with Gasteiger partial charge in [0.1, 0.15) is 0 Å². The van der Waals surface area contributed by atoms with Crippen molar-refractivity contribution in [2.24, 2.45) is 0 Å². The second kappa shape index (κ2) is 6.69. The van der Waals surface area contributed by atoms with Gasteiger partial charge in [0.05, 0.1) is 24.3 Å². The van der Waals surface area contributed by atoms with Gasteiger partial charge in [0, 0.05) is 18.2 Å². The van der Waals surface area contributed by atoms with Gasteiger partial charge in [-0.05, 0) is 44.0 Å². The number of nitrogens with one attached hydrogen (secondary N) is 1. The summed E-state index contributed by atoms with van der Waals surface area (Å²) >= 11 is 0. The molecule has 3 rings (SSSR count). The molecule has 114 valence electrons. The number of rotatable bonds is 5. The fraction of sp³-hybridized carbons (Fsp3) is 0.438. The standard InChI is InChI=1S/C16H18N4O2/c1-11(14-3-2-8-21-14)18-10-15-19-20-16(22-15)13-6-4-12(9-17)5-7-13/h4-7,11,14,18H,2-3,8,10H2,1H3/t11-,14-/m0/s1.